The van der Waals surface area contributed by atoms with Crippen molar-refractivity contribution < 1.29 is 38.2 Å². The monoisotopic (exact) mass is 1160 g/mol. The summed E-state index contributed by atoms with van der Waals surface area (Å²) in [5, 5.41) is 14.8. The SMILES string of the molecule is CN[C@@H](CC(C)C)C(=O)N[C@H](C(=O)N[C@@H](CNC(=O)OCc1ccccc1)C(=O)N[C@H](C(=O)OC(c1ccccc1)(c1ccc(C)cc1)c1ccccc1Cl)[C@H](C)OCc1ccccc1)C1CCCCC1.S.S.S.S.S. The van der Waals surface area contributed by atoms with Crippen molar-refractivity contribution in [2.75, 3.05) is 13.6 Å². The summed E-state index contributed by atoms with van der Waals surface area (Å²) < 4.78 is 18.7. The van der Waals surface area contributed by atoms with E-state index in [1.165, 1.54) is 0 Å². The molecule has 1 aliphatic carbocycles. The van der Waals surface area contributed by atoms with Gasteiger partial charge in [0.2, 0.25) is 17.7 Å². The van der Waals surface area contributed by atoms with Crippen LogP contribution in [0.2, 0.25) is 5.02 Å². The van der Waals surface area contributed by atoms with Crippen molar-refractivity contribution in [1.29, 1.82) is 0 Å². The highest BCUT2D eigenvalue weighted by Crippen LogP contribution is 2.44. The topological polar surface area (TPSA) is 173 Å². The highest BCUT2D eigenvalue weighted by Gasteiger charge is 2.45. The van der Waals surface area contributed by atoms with Gasteiger partial charge in [0.05, 0.1) is 25.3 Å². The van der Waals surface area contributed by atoms with Gasteiger partial charge in [0.1, 0.15) is 18.7 Å². The Labute approximate surface area is 489 Å². The van der Waals surface area contributed by atoms with Gasteiger partial charge in [-0.05, 0) is 69.2 Å². The minimum atomic E-state index is -1.64. The molecule has 0 spiro atoms. The molecular formula is C57H78ClN5O8S5. The normalized spacial score (nSPS) is 14.7. The Morgan fingerprint density at radius 1 is 0.618 bits per heavy atom. The van der Waals surface area contributed by atoms with Crippen molar-refractivity contribution in [1.82, 2.24) is 26.6 Å². The van der Waals surface area contributed by atoms with Crippen LogP contribution >= 0.6 is 79.1 Å². The van der Waals surface area contributed by atoms with E-state index in [2.05, 4.69) is 26.6 Å². The average molecular weight is 1160 g/mol. The van der Waals surface area contributed by atoms with Gasteiger partial charge in [-0.25, -0.2) is 9.59 Å². The largest absolute Gasteiger partial charge is 0.445 e. The van der Waals surface area contributed by atoms with Gasteiger partial charge in [0, 0.05) is 21.7 Å². The maximum Gasteiger partial charge on any atom is 0.407 e. The van der Waals surface area contributed by atoms with Crippen molar-refractivity contribution in [3.05, 3.63) is 178 Å². The summed E-state index contributed by atoms with van der Waals surface area (Å²) in [4.78, 5) is 72.2. The van der Waals surface area contributed by atoms with Gasteiger partial charge in [-0.15, -0.1) is 0 Å². The van der Waals surface area contributed by atoms with Crippen LogP contribution in [0.4, 0.5) is 4.79 Å². The van der Waals surface area contributed by atoms with Gasteiger partial charge < -0.3 is 40.8 Å². The first kappa shape index (κ1) is 69.2. The molecule has 0 saturated heterocycles. The van der Waals surface area contributed by atoms with E-state index in [9.17, 15) is 14.4 Å². The summed E-state index contributed by atoms with van der Waals surface area (Å²) in [6, 6.07) is 37.8. The summed E-state index contributed by atoms with van der Waals surface area (Å²) in [5.74, 6) is -2.68. The van der Waals surface area contributed by atoms with E-state index in [-0.39, 0.29) is 98.4 Å². The first-order chi connectivity index (χ1) is 34.3. The van der Waals surface area contributed by atoms with Crippen LogP contribution < -0.4 is 26.6 Å². The van der Waals surface area contributed by atoms with Crippen LogP contribution in [0.5, 0.6) is 0 Å². The minimum absolute atomic E-state index is 0. The summed E-state index contributed by atoms with van der Waals surface area (Å²) in [7, 11) is 1.70. The molecule has 4 amide bonds. The molecule has 1 fully saturated rings. The Hall–Kier alpha value is -4.79. The number of nitrogens with one attached hydrogen (secondary N) is 5. The molecule has 416 valence electrons. The molecule has 5 N–H and O–H groups in total. The molecular weight excluding hydrogens is 1080 g/mol. The molecule has 6 rings (SSSR count). The number of aryl methyl sites for hydroxylation is 1. The molecule has 76 heavy (non-hydrogen) atoms. The molecule has 0 aromatic heterocycles. The molecule has 0 bridgehead atoms. The number of ether oxygens (including phenoxy) is 3. The van der Waals surface area contributed by atoms with Gasteiger partial charge in [0.25, 0.3) is 0 Å². The van der Waals surface area contributed by atoms with Crippen molar-refractivity contribution >= 4 is 109 Å². The molecule has 5 aromatic carbocycles. The maximum absolute atomic E-state index is 15.4. The van der Waals surface area contributed by atoms with Gasteiger partial charge in [-0.3, -0.25) is 14.4 Å². The molecule has 1 saturated carbocycles. The predicted molar refractivity (Wildman–Crippen MR) is 327 cm³/mol. The molecule has 1 unspecified atom stereocenters. The summed E-state index contributed by atoms with van der Waals surface area (Å²) in [6.07, 6.45) is 2.78. The van der Waals surface area contributed by atoms with Crippen LogP contribution in [0.3, 0.4) is 0 Å². The number of hydrogen-bond donors (Lipinski definition) is 5. The Balaban J connectivity index is 0.00000578. The Morgan fingerprint density at radius 3 is 1.71 bits per heavy atom. The van der Waals surface area contributed by atoms with Crippen LogP contribution in [0.1, 0.15) is 92.7 Å². The molecule has 1 aliphatic rings. The lowest BCUT2D eigenvalue weighted by atomic mass is 9.79. The highest BCUT2D eigenvalue weighted by molar-refractivity contribution is 7.60. The lowest BCUT2D eigenvalue weighted by Crippen LogP contribution is -2.62. The van der Waals surface area contributed by atoms with Crippen molar-refractivity contribution in [3.63, 3.8) is 0 Å². The van der Waals surface area contributed by atoms with E-state index >= 15 is 9.59 Å². The highest BCUT2D eigenvalue weighted by atomic mass is 35.5. The number of rotatable bonds is 23. The lowest BCUT2D eigenvalue weighted by molar-refractivity contribution is -0.162. The number of halogens is 1. The molecule has 5 aromatic rings. The first-order valence-corrected chi connectivity index (χ1v) is 25.0. The third-order valence-corrected chi connectivity index (χ3v) is 13.2. The van der Waals surface area contributed by atoms with Crippen molar-refractivity contribution in [2.24, 2.45) is 11.8 Å². The molecule has 0 heterocycles. The second kappa shape index (κ2) is 34.9. The fourth-order valence-electron chi connectivity index (χ4n) is 8.97. The van der Waals surface area contributed by atoms with Crippen LogP contribution in [0, 0.1) is 18.8 Å². The van der Waals surface area contributed by atoms with E-state index in [0.717, 1.165) is 36.0 Å². The fraction of sp³-hybridized carbons (Fsp3) is 0.386. The molecule has 6 atom stereocenters. The van der Waals surface area contributed by atoms with Crippen molar-refractivity contribution in [2.45, 2.75) is 115 Å². The smallest absolute Gasteiger partial charge is 0.407 e. The van der Waals surface area contributed by atoms with Gasteiger partial charge in [0.15, 0.2) is 11.6 Å². The minimum Gasteiger partial charge on any atom is -0.445 e. The summed E-state index contributed by atoms with van der Waals surface area (Å²) in [6.45, 7) is 7.23. The Kier molecular flexibility index (Phi) is 31.8. The number of likely N-dealkylation sites (N-methyl/N-ethyl adjacent to an activating group) is 1. The Morgan fingerprint density at radius 2 is 1.14 bits per heavy atom. The summed E-state index contributed by atoms with van der Waals surface area (Å²) in [5.41, 5.74) is 2.54. The standard InChI is InChI=1S/C57H68ClN5O8.5H2S/c1-38(2)34-48(59-5)52(64)63-51(43-24-14-8-15-25-43)54(66)61-49(35-60-56(68)70-37-42-22-12-7-13-23-42)53(65)62-50(40(4)69-36-41-20-10-6-11-21-41)55(67)71-57(44-26-16-9-17-27-44,45-32-30-39(3)31-33-45)46-28-18-19-29-47(46)58;;;;;/h6-7,9-13,16-23,26-33,38,40,43,48-51,59H,8,14-15,24-25,34-37H2,1-5H3,(H,60,68)(H,61,66)(H,62,65)(H,63,64);5*1H2/t40-,48-,49-,50-,51-,57?;;;;;/m0...../s1. The quantitative estimate of drug-likeness (QED) is 0.0316. The second-order valence-corrected chi connectivity index (χ2v) is 19.1. The van der Waals surface area contributed by atoms with Gasteiger partial charge in [-0.1, -0.05) is 184 Å². The zero-order valence-electron chi connectivity index (χ0n) is 43.8. The molecule has 13 nitrogen and oxygen atoms in total. The molecule has 0 aliphatic heterocycles. The van der Waals surface area contributed by atoms with E-state index in [1.807, 2.05) is 130 Å². The van der Waals surface area contributed by atoms with Crippen LogP contribution in [0.15, 0.2) is 140 Å². The van der Waals surface area contributed by atoms with Crippen molar-refractivity contribution in [3.8, 4) is 0 Å². The zero-order chi connectivity index (χ0) is 50.8. The zero-order valence-corrected chi connectivity index (χ0v) is 49.6. The van der Waals surface area contributed by atoms with Gasteiger partial charge in [-0.2, -0.15) is 67.5 Å². The first-order valence-electron chi connectivity index (χ1n) is 24.6. The van der Waals surface area contributed by atoms with E-state index < -0.39 is 66.3 Å². The number of alkyl carbamates (subject to hydrolysis) is 1. The number of benzene rings is 5. The van der Waals surface area contributed by atoms with E-state index in [0.29, 0.717) is 41.0 Å². The molecule has 0 radical (unpaired) electrons. The van der Waals surface area contributed by atoms with Crippen LogP contribution in [0.25, 0.3) is 0 Å². The van der Waals surface area contributed by atoms with E-state index in [1.54, 1.807) is 44.3 Å². The molecule has 19 heteroatoms. The van der Waals surface area contributed by atoms with E-state index in [4.69, 9.17) is 25.8 Å². The third kappa shape index (κ3) is 19.6. The number of carbonyl (C=O) groups is 5. The Bertz CT molecular complexity index is 2520. The lowest BCUT2D eigenvalue weighted by Gasteiger charge is -2.38. The van der Waals surface area contributed by atoms with Crippen LogP contribution in [-0.2, 0) is 52.2 Å². The third-order valence-electron chi connectivity index (χ3n) is 12.9. The number of carbonyl (C=O) groups excluding carboxylic acids is 5. The van der Waals surface area contributed by atoms with Crippen LogP contribution in [-0.4, -0.2) is 73.6 Å². The number of esters is 1. The predicted octanol–water partition coefficient (Wildman–Crippen LogP) is 9.25. The average Bonchev–Trinajstić information content (AvgIpc) is 3.39. The fourth-order valence-corrected chi connectivity index (χ4v) is 9.24. The van der Waals surface area contributed by atoms with Gasteiger partial charge >= 0.3 is 12.1 Å². The number of amides is 4. The number of hydrogen-bond acceptors (Lipinski definition) is 9. The summed E-state index contributed by atoms with van der Waals surface area (Å²) >= 11 is 7.03. The second-order valence-electron chi connectivity index (χ2n) is 18.7. The maximum atomic E-state index is 15.4.